The average molecular weight is 561 g/mol. The first-order chi connectivity index (χ1) is 18.8. The number of anilines is 1. The number of hydrogen-bond acceptors (Lipinski definition) is 5. The summed E-state index contributed by atoms with van der Waals surface area (Å²) in [5, 5.41) is 23.5. The van der Waals surface area contributed by atoms with Gasteiger partial charge in [-0.05, 0) is 121 Å². The SMILES string of the molecule is C.C[C@]1(C(=O)NC(=O)[C@@]2(C)CCC[C@]3(C)c4cc(N)c(O)cc4CC[C@@H]23)CCC[C@]2(C)c3cc(O)ccc3CC[C@@H]12. The van der Waals surface area contributed by atoms with Gasteiger partial charge in [-0.15, -0.1) is 0 Å². The number of nitrogen functional groups attached to an aromatic ring is 1. The first kappa shape index (κ1) is 29.5. The number of hydrogen-bond donors (Lipinski definition) is 4. The van der Waals surface area contributed by atoms with Crippen molar-refractivity contribution in [2.75, 3.05) is 5.73 Å². The van der Waals surface area contributed by atoms with Crippen LogP contribution >= 0.6 is 0 Å². The van der Waals surface area contributed by atoms with Crippen LogP contribution in [0.5, 0.6) is 11.5 Å². The summed E-state index contributed by atoms with van der Waals surface area (Å²) in [6.45, 7) is 8.60. The number of phenols is 2. The third kappa shape index (κ3) is 4.19. The minimum atomic E-state index is -0.674. The van der Waals surface area contributed by atoms with Crippen LogP contribution in [0.3, 0.4) is 0 Å². The van der Waals surface area contributed by atoms with Gasteiger partial charge in [-0.3, -0.25) is 14.9 Å². The number of carbonyl (C=O) groups excluding carboxylic acids is 2. The summed E-state index contributed by atoms with van der Waals surface area (Å²) in [7, 11) is 0. The number of nitrogens with two attached hydrogens (primary N) is 1. The molecule has 41 heavy (non-hydrogen) atoms. The second-order valence-corrected chi connectivity index (χ2v) is 14.3. The lowest BCUT2D eigenvalue weighted by Gasteiger charge is -2.56. The largest absolute Gasteiger partial charge is 0.508 e. The van der Waals surface area contributed by atoms with E-state index in [1.54, 1.807) is 12.1 Å². The van der Waals surface area contributed by atoms with Crippen LogP contribution in [0.25, 0.3) is 0 Å². The van der Waals surface area contributed by atoms with E-state index in [-0.39, 0.29) is 53.4 Å². The number of benzene rings is 2. The molecular weight excluding hydrogens is 512 g/mol. The minimum Gasteiger partial charge on any atom is -0.508 e. The van der Waals surface area contributed by atoms with E-state index in [2.05, 4.69) is 33.0 Å². The summed E-state index contributed by atoms with van der Waals surface area (Å²) in [6.07, 6.45) is 8.63. The van der Waals surface area contributed by atoms with Gasteiger partial charge in [0.2, 0.25) is 11.8 Å². The van der Waals surface area contributed by atoms with Gasteiger partial charge in [-0.1, -0.05) is 54.0 Å². The summed E-state index contributed by atoms with van der Waals surface area (Å²) in [4.78, 5) is 28.4. The smallest absolute Gasteiger partial charge is 0.232 e. The Balaban J connectivity index is 0.00000337. The zero-order valence-corrected chi connectivity index (χ0v) is 24.4. The molecule has 2 aromatic rings. The predicted molar refractivity (Wildman–Crippen MR) is 163 cm³/mol. The van der Waals surface area contributed by atoms with Crippen molar-refractivity contribution in [3.63, 3.8) is 0 Å². The molecule has 0 saturated heterocycles. The average Bonchev–Trinajstić information content (AvgIpc) is 2.90. The number of phenolic OH excluding ortho intramolecular Hbond substituents is 2. The Bertz CT molecular complexity index is 1400. The third-order valence-corrected chi connectivity index (χ3v) is 12.1. The molecule has 2 aromatic carbocycles. The maximum absolute atomic E-state index is 14.2. The molecule has 0 heterocycles. The molecule has 0 radical (unpaired) electrons. The molecule has 2 amide bonds. The lowest BCUT2D eigenvalue weighted by Crippen LogP contribution is -2.60. The van der Waals surface area contributed by atoms with Crippen molar-refractivity contribution in [2.24, 2.45) is 22.7 Å². The summed E-state index contributed by atoms with van der Waals surface area (Å²) < 4.78 is 0. The first-order valence-corrected chi connectivity index (χ1v) is 15.1. The summed E-state index contributed by atoms with van der Waals surface area (Å²) in [5.74, 6) is 0.272. The van der Waals surface area contributed by atoms with Gasteiger partial charge in [0, 0.05) is 0 Å². The highest BCUT2D eigenvalue weighted by atomic mass is 16.3. The van der Waals surface area contributed by atoms with Gasteiger partial charge in [-0.2, -0.15) is 0 Å². The number of fused-ring (bicyclic) bond motifs is 6. The first-order valence-electron chi connectivity index (χ1n) is 15.1. The number of rotatable bonds is 2. The minimum absolute atomic E-state index is 0. The van der Waals surface area contributed by atoms with Crippen LogP contribution in [0.1, 0.15) is 109 Å². The Labute approximate surface area is 245 Å². The van der Waals surface area contributed by atoms with Gasteiger partial charge < -0.3 is 15.9 Å². The fourth-order valence-electron chi connectivity index (χ4n) is 9.90. The van der Waals surface area contributed by atoms with Crippen molar-refractivity contribution in [2.45, 2.75) is 110 Å². The zero-order chi connectivity index (χ0) is 28.7. The Morgan fingerprint density at radius 3 is 1.85 bits per heavy atom. The predicted octanol–water partition coefficient (Wildman–Crippen LogP) is 6.68. The fraction of sp³-hybridized carbons (Fsp3) is 0.600. The number of carbonyl (C=O) groups is 2. The van der Waals surface area contributed by atoms with Gasteiger partial charge in [0.15, 0.2) is 0 Å². The number of aryl methyl sites for hydroxylation is 2. The van der Waals surface area contributed by atoms with Crippen molar-refractivity contribution in [1.29, 1.82) is 0 Å². The molecule has 6 rings (SSSR count). The van der Waals surface area contributed by atoms with Crippen LogP contribution in [0.4, 0.5) is 5.69 Å². The monoisotopic (exact) mass is 560 g/mol. The number of nitrogens with one attached hydrogen (secondary N) is 1. The van der Waals surface area contributed by atoms with Gasteiger partial charge in [0.1, 0.15) is 11.5 Å². The van der Waals surface area contributed by atoms with Crippen LogP contribution in [-0.2, 0) is 33.3 Å². The van der Waals surface area contributed by atoms with Crippen LogP contribution in [-0.4, -0.2) is 22.0 Å². The molecule has 2 saturated carbocycles. The molecule has 4 aliphatic carbocycles. The Kier molecular flexibility index (Phi) is 7.03. The normalized spacial score (nSPS) is 35.5. The van der Waals surface area contributed by atoms with E-state index < -0.39 is 10.8 Å². The van der Waals surface area contributed by atoms with E-state index in [1.807, 2.05) is 18.2 Å². The molecule has 222 valence electrons. The topological polar surface area (TPSA) is 113 Å². The number of amides is 2. The van der Waals surface area contributed by atoms with Gasteiger partial charge in [-0.25, -0.2) is 0 Å². The van der Waals surface area contributed by atoms with Crippen LogP contribution in [0.15, 0.2) is 30.3 Å². The van der Waals surface area contributed by atoms with Crippen LogP contribution < -0.4 is 11.1 Å². The molecule has 2 fully saturated rings. The standard InChI is InChI=1S/C34H44N2O4.CH4/c1-31-13-5-15-33(3,27(31)11-8-20-7-10-22(37)18-23(20)31)29(39)36-30(40)34(4)16-6-14-32(2)24-19-25(35)26(38)17-21(24)9-12-28(32)34;/h7,10,17-19,27-28,37-38H,5-6,8-9,11-16,35H2,1-4H3,(H,36,39,40);1H4/t27-,28-,31-,32-,33+,34+;/m1./s1. The van der Waals surface area contributed by atoms with Crippen LogP contribution in [0, 0.1) is 22.7 Å². The Morgan fingerprint density at radius 1 is 0.780 bits per heavy atom. The van der Waals surface area contributed by atoms with E-state index in [0.29, 0.717) is 5.69 Å². The molecule has 5 N–H and O–H groups in total. The van der Waals surface area contributed by atoms with Gasteiger partial charge in [0.25, 0.3) is 0 Å². The maximum atomic E-state index is 14.2. The van der Waals surface area contributed by atoms with E-state index in [1.165, 1.54) is 5.56 Å². The van der Waals surface area contributed by atoms with E-state index in [9.17, 15) is 19.8 Å². The zero-order valence-electron chi connectivity index (χ0n) is 24.4. The lowest BCUT2D eigenvalue weighted by atomic mass is 9.49. The molecule has 0 bridgehead atoms. The molecule has 0 aliphatic heterocycles. The van der Waals surface area contributed by atoms with Crippen molar-refractivity contribution in [3.05, 3.63) is 52.6 Å². The molecule has 0 spiro atoms. The van der Waals surface area contributed by atoms with Crippen LogP contribution in [0.2, 0.25) is 0 Å². The fourth-order valence-corrected chi connectivity index (χ4v) is 9.90. The quantitative estimate of drug-likeness (QED) is 0.186. The van der Waals surface area contributed by atoms with Gasteiger partial charge in [0.05, 0.1) is 16.5 Å². The van der Waals surface area contributed by atoms with Crippen molar-refractivity contribution < 1.29 is 19.8 Å². The summed E-state index contributed by atoms with van der Waals surface area (Å²) in [5.41, 5.74) is 9.39. The Morgan fingerprint density at radius 2 is 1.29 bits per heavy atom. The lowest BCUT2D eigenvalue weighted by molar-refractivity contribution is -0.150. The molecule has 4 aliphatic rings. The highest BCUT2D eigenvalue weighted by Gasteiger charge is 2.58. The van der Waals surface area contributed by atoms with Crippen molar-refractivity contribution >= 4 is 17.5 Å². The van der Waals surface area contributed by atoms with Crippen molar-refractivity contribution in [3.8, 4) is 11.5 Å². The molecule has 0 aromatic heterocycles. The molecule has 6 nitrogen and oxygen atoms in total. The maximum Gasteiger partial charge on any atom is 0.232 e. The van der Waals surface area contributed by atoms with E-state index in [0.717, 1.165) is 80.9 Å². The molecule has 6 heteroatoms. The van der Waals surface area contributed by atoms with Crippen molar-refractivity contribution in [1.82, 2.24) is 5.32 Å². The van der Waals surface area contributed by atoms with E-state index in [4.69, 9.17) is 5.73 Å². The Hall–Kier alpha value is -3.02. The molecular formula is C35H48N2O4. The molecule has 0 unspecified atom stereocenters. The van der Waals surface area contributed by atoms with Gasteiger partial charge >= 0.3 is 0 Å². The third-order valence-electron chi connectivity index (χ3n) is 12.1. The second kappa shape index (κ2) is 9.78. The summed E-state index contributed by atoms with van der Waals surface area (Å²) in [6, 6.07) is 9.39. The summed E-state index contributed by atoms with van der Waals surface area (Å²) >= 11 is 0. The highest BCUT2D eigenvalue weighted by molar-refractivity contribution is 6.00. The van der Waals surface area contributed by atoms with E-state index >= 15 is 0 Å². The number of aromatic hydroxyl groups is 2. The molecule has 6 atom stereocenters. The second-order valence-electron chi connectivity index (χ2n) is 14.3. The highest BCUT2D eigenvalue weighted by Crippen LogP contribution is 2.60. The number of imide groups is 1.